The average molecular weight is 610 g/mol. The van der Waals surface area contributed by atoms with Crippen molar-refractivity contribution in [3.63, 3.8) is 0 Å². The lowest BCUT2D eigenvalue weighted by Gasteiger charge is -2.33. The lowest BCUT2D eigenvalue weighted by molar-refractivity contribution is -0.155. The van der Waals surface area contributed by atoms with Crippen LogP contribution in [0.15, 0.2) is 6.20 Å². The van der Waals surface area contributed by atoms with Gasteiger partial charge in [0.1, 0.15) is 30.7 Å². The van der Waals surface area contributed by atoms with Crippen LogP contribution in [0, 0.1) is 0 Å². The molecule has 5 atom stereocenters. The summed E-state index contributed by atoms with van der Waals surface area (Å²) in [5.41, 5.74) is 0.227. The average Bonchev–Trinajstić information content (AvgIpc) is 3.62. The Balaban J connectivity index is 1.49. The van der Waals surface area contributed by atoms with Gasteiger partial charge in [-0.25, -0.2) is 9.48 Å². The van der Waals surface area contributed by atoms with Gasteiger partial charge in [0.2, 0.25) is 10.6 Å². The Labute approximate surface area is 233 Å². The first-order valence-corrected chi connectivity index (χ1v) is 14.7. The highest BCUT2D eigenvalue weighted by Gasteiger charge is 2.51. The fourth-order valence-corrected chi connectivity index (χ4v) is 5.51. The number of esters is 1. The fraction of sp³-hybridized carbons (Fsp3) is 0.727. The minimum Gasteiger partial charge on any atom is -0.464 e. The molecule has 0 unspecified atom stereocenters. The van der Waals surface area contributed by atoms with Crippen LogP contribution in [0.4, 0.5) is 5.82 Å². The number of hydrogen-bond donors (Lipinski definition) is 6. The summed E-state index contributed by atoms with van der Waals surface area (Å²) in [6.07, 6.45) is -0.0813. The van der Waals surface area contributed by atoms with Crippen LogP contribution in [0.5, 0.6) is 0 Å². The normalized spacial score (nSPS) is 25.4. The van der Waals surface area contributed by atoms with E-state index in [1.54, 1.807) is 6.92 Å². The largest absolute Gasteiger partial charge is 0.464 e. The van der Waals surface area contributed by atoms with Crippen LogP contribution in [-0.4, -0.2) is 114 Å². The monoisotopic (exact) mass is 609 g/mol. The number of fused-ring (bicyclic) bond motifs is 1. The summed E-state index contributed by atoms with van der Waals surface area (Å²) in [6.45, 7) is -1.74. The third kappa shape index (κ3) is 6.57. The van der Waals surface area contributed by atoms with E-state index in [-0.39, 0.29) is 23.6 Å². The van der Waals surface area contributed by atoms with Crippen LogP contribution < -0.4 is 5.32 Å². The molecule has 1 saturated carbocycles. The van der Waals surface area contributed by atoms with Crippen molar-refractivity contribution in [2.45, 2.75) is 68.5 Å². The minimum absolute atomic E-state index is 0.0696. The van der Waals surface area contributed by atoms with E-state index in [1.807, 2.05) is 0 Å². The Bertz CT molecular complexity index is 1230. The predicted molar refractivity (Wildman–Crippen MR) is 137 cm³/mol. The van der Waals surface area contributed by atoms with Gasteiger partial charge >= 0.3 is 13.6 Å². The maximum absolute atomic E-state index is 12.2. The zero-order chi connectivity index (χ0) is 29.1. The fourth-order valence-electron chi connectivity index (χ4n) is 4.65. The van der Waals surface area contributed by atoms with E-state index in [9.17, 15) is 34.5 Å². The molecule has 2 aromatic rings. The number of halogens is 1. The van der Waals surface area contributed by atoms with E-state index in [0.717, 1.165) is 25.7 Å². The molecule has 6 N–H and O–H groups in total. The Morgan fingerprint density at radius 3 is 2.65 bits per heavy atom. The van der Waals surface area contributed by atoms with Gasteiger partial charge in [0, 0.05) is 6.04 Å². The lowest BCUT2D eigenvalue weighted by atomic mass is 10.1. The first-order chi connectivity index (χ1) is 19.0. The highest BCUT2D eigenvalue weighted by Crippen LogP contribution is 2.51. The Morgan fingerprint density at radius 2 is 2.00 bits per heavy atom. The van der Waals surface area contributed by atoms with Crippen molar-refractivity contribution in [1.82, 2.24) is 19.7 Å². The van der Waals surface area contributed by atoms with Gasteiger partial charge in [0.15, 0.2) is 11.9 Å². The molecule has 0 amide bonds. The maximum atomic E-state index is 12.2. The summed E-state index contributed by atoms with van der Waals surface area (Å²) in [5, 5.41) is 36.7. The third-order valence-corrected chi connectivity index (χ3v) is 8.48. The van der Waals surface area contributed by atoms with Gasteiger partial charge < -0.3 is 49.4 Å². The summed E-state index contributed by atoms with van der Waals surface area (Å²) in [4.78, 5) is 39.8. The van der Waals surface area contributed by atoms with Gasteiger partial charge in [-0.3, -0.25) is 4.57 Å². The Morgan fingerprint density at radius 1 is 1.27 bits per heavy atom. The number of carbonyl (C=O) groups is 1. The van der Waals surface area contributed by atoms with Crippen molar-refractivity contribution in [3.05, 3.63) is 11.5 Å². The molecule has 40 heavy (non-hydrogen) atoms. The van der Waals surface area contributed by atoms with Crippen LogP contribution in [0.25, 0.3) is 11.0 Å². The number of aliphatic hydroxyl groups is 3. The quantitative estimate of drug-likeness (QED) is 0.0990. The van der Waals surface area contributed by atoms with Crippen LogP contribution >= 0.6 is 19.2 Å². The number of nitrogens with one attached hydrogen (secondary N) is 1. The highest BCUT2D eigenvalue weighted by atomic mass is 35.5. The second-order valence-corrected chi connectivity index (χ2v) is 11.8. The molecular weight excluding hydrogens is 577 g/mol. The topological polar surface area (TPSA) is 228 Å². The van der Waals surface area contributed by atoms with Crippen LogP contribution in [-0.2, 0) is 28.3 Å². The summed E-state index contributed by atoms with van der Waals surface area (Å²) in [7, 11) is -5.20. The van der Waals surface area contributed by atoms with Gasteiger partial charge in [-0.1, -0.05) is 12.8 Å². The molecule has 1 aliphatic heterocycles. The molecule has 1 aliphatic carbocycles. The van der Waals surface area contributed by atoms with Crippen molar-refractivity contribution in [2.24, 2.45) is 0 Å². The molecule has 18 heteroatoms. The Hall–Kier alpha value is -1.98. The van der Waals surface area contributed by atoms with Gasteiger partial charge in [-0.15, -0.1) is 0 Å². The summed E-state index contributed by atoms with van der Waals surface area (Å²) < 4.78 is 34.4. The molecule has 4 rings (SSSR count). The van der Waals surface area contributed by atoms with Crippen molar-refractivity contribution >= 4 is 42.0 Å². The number of aromatic nitrogens is 4. The van der Waals surface area contributed by atoms with Gasteiger partial charge in [-0.2, -0.15) is 15.1 Å². The number of rotatable bonds is 13. The SMILES string of the molecule is CCOC(=O)COC[C@](CO)(OC[C@H]1O[C@@H](n2ncc3c(NC4CCCC4)nc(Cl)nc32)[C@H](O)[C@@H]1O)P(=O)(O)O. The number of ether oxygens (including phenoxy) is 4. The molecule has 16 nitrogen and oxygen atoms in total. The Kier molecular flexibility index (Phi) is 9.99. The van der Waals surface area contributed by atoms with E-state index in [2.05, 4.69) is 20.4 Å². The van der Waals surface area contributed by atoms with Gasteiger partial charge in [-0.05, 0) is 31.4 Å². The molecule has 3 heterocycles. The maximum Gasteiger partial charge on any atom is 0.361 e. The first-order valence-electron chi connectivity index (χ1n) is 12.7. The van der Waals surface area contributed by atoms with E-state index < -0.39 is 69.9 Å². The summed E-state index contributed by atoms with van der Waals surface area (Å²) in [6, 6.07) is 0.219. The van der Waals surface area contributed by atoms with E-state index in [0.29, 0.717) is 11.2 Å². The molecule has 0 bridgehead atoms. The van der Waals surface area contributed by atoms with Crippen LogP contribution in [0.1, 0.15) is 38.8 Å². The van der Waals surface area contributed by atoms with Crippen molar-refractivity contribution in [2.75, 3.05) is 38.4 Å². The first kappa shape index (κ1) is 31.0. The molecule has 2 aromatic heterocycles. The third-order valence-electron chi connectivity index (χ3n) is 6.85. The molecule has 2 fully saturated rings. The van der Waals surface area contributed by atoms with E-state index in [4.69, 9.17) is 30.5 Å². The van der Waals surface area contributed by atoms with Crippen molar-refractivity contribution < 1.29 is 53.4 Å². The molecule has 0 aromatic carbocycles. The number of anilines is 1. The van der Waals surface area contributed by atoms with Gasteiger partial charge in [0.05, 0.1) is 38.0 Å². The summed E-state index contributed by atoms with van der Waals surface area (Å²) >= 11 is 6.16. The summed E-state index contributed by atoms with van der Waals surface area (Å²) in [5.74, 6) is -0.309. The van der Waals surface area contributed by atoms with Crippen molar-refractivity contribution in [3.8, 4) is 0 Å². The molecule has 2 aliphatic rings. The van der Waals surface area contributed by atoms with E-state index >= 15 is 0 Å². The number of hydrogen-bond acceptors (Lipinski definition) is 13. The molecule has 1 saturated heterocycles. The zero-order valence-corrected chi connectivity index (χ0v) is 23.3. The molecule has 0 radical (unpaired) electrons. The number of nitrogens with zero attached hydrogens (tertiary/aromatic N) is 4. The second kappa shape index (κ2) is 12.9. The minimum atomic E-state index is -5.20. The smallest absolute Gasteiger partial charge is 0.361 e. The molecule has 224 valence electrons. The van der Waals surface area contributed by atoms with Crippen molar-refractivity contribution in [1.29, 1.82) is 0 Å². The zero-order valence-electron chi connectivity index (χ0n) is 21.6. The molecular formula is C22H33ClN5O11P. The second-order valence-electron chi connectivity index (χ2n) is 9.60. The van der Waals surface area contributed by atoms with Crippen LogP contribution in [0.2, 0.25) is 5.28 Å². The molecule has 0 spiro atoms. The van der Waals surface area contributed by atoms with Gasteiger partial charge in [0.25, 0.3) is 0 Å². The highest BCUT2D eigenvalue weighted by molar-refractivity contribution is 7.53. The van der Waals surface area contributed by atoms with Crippen LogP contribution in [0.3, 0.4) is 0 Å². The predicted octanol–water partition coefficient (Wildman–Crippen LogP) is -0.0840. The number of carbonyl (C=O) groups excluding carboxylic acids is 1. The van der Waals surface area contributed by atoms with E-state index in [1.165, 1.54) is 10.9 Å². The number of aliphatic hydroxyl groups excluding tert-OH is 3. The standard InChI is InChI=1S/C22H33ClN5O11P/c1-2-37-15(30)9-36-11-22(10-29,40(33,34)35)38-8-14-16(31)17(32)20(39-14)28-19-13(7-24-28)18(26-21(23)27-19)25-12-5-3-4-6-12/h7,12,14,16-17,20,29,31-32H,2-6,8-11H2,1H3,(H,25,26,27)(H2,33,34,35)/t14-,16-,17-,20-,22-/m1/s1. The lowest BCUT2D eigenvalue weighted by Crippen LogP contribution is -2.45.